The number of hydrogen-bond acceptors (Lipinski definition) is 5. The number of carbonyl (C=O) groups excluding carboxylic acids is 2. The van der Waals surface area contributed by atoms with Crippen LogP contribution in [-0.2, 0) is 14.3 Å². The molecule has 0 unspecified atom stereocenters. The molecule has 0 saturated carbocycles. The van der Waals surface area contributed by atoms with E-state index in [1.807, 2.05) is 0 Å². The summed E-state index contributed by atoms with van der Waals surface area (Å²) in [5.74, 6) is -1.75. The fourth-order valence-electron chi connectivity index (χ4n) is 4.18. The largest absolute Gasteiger partial charge is 0.485 e. The molecule has 4 atom stereocenters. The van der Waals surface area contributed by atoms with Crippen LogP contribution in [-0.4, -0.2) is 79.7 Å². The van der Waals surface area contributed by atoms with Crippen LogP contribution in [0.1, 0.15) is 12.8 Å². The van der Waals surface area contributed by atoms with Crippen LogP contribution in [0.5, 0.6) is 5.75 Å². The summed E-state index contributed by atoms with van der Waals surface area (Å²) in [6.07, 6.45) is -5.66. The summed E-state index contributed by atoms with van der Waals surface area (Å²) >= 11 is 0. The lowest BCUT2D eigenvalue weighted by molar-refractivity contribution is -0.186. The molecule has 4 rings (SSSR count). The second kappa shape index (κ2) is 9.10. The molecular formula is C20H23F4N3O5. The summed E-state index contributed by atoms with van der Waals surface area (Å²) < 4.78 is 67.9. The van der Waals surface area contributed by atoms with Crippen LogP contribution in [0.3, 0.4) is 0 Å². The average molecular weight is 461 g/mol. The van der Waals surface area contributed by atoms with Crippen molar-refractivity contribution >= 4 is 11.9 Å². The summed E-state index contributed by atoms with van der Waals surface area (Å²) in [4.78, 5) is 24.4. The highest BCUT2D eigenvalue weighted by molar-refractivity contribution is 5.82. The maximum absolute atomic E-state index is 13.0. The number of nitrogens with one attached hydrogen (secondary N) is 2. The molecule has 3 aliphatic rings. The van der Waals surface area contributed by atoms with Gasteiger partial charge in [0.15, 0.2) is 6.10 Å². The molecule has 3 fully saturated rings. The molecule has 3 heterocycles. The summed E-state index contributed by atoms with van der Waals surface area (Å²) in [5, 5.41) is 5.52. The SMILES string of the molecule is O=C(NC1CCN(C(=O)C(F)(F)F)CC1)N[C@H]1CO[C@H]2[C@@H]1OC[C@@H]2Oc1ccc(F)cc1. The molecule has 176 valence electrons. The Morgan fingerprint density at radius 1 is 1.00 bits per heavy atom. The zero-order valence-electron chi connectivity index (χ0n) is 16.9. The number of carbonyl (C=O) groups is 2. The average Bonchev–Trinajstić information content (AvgIpc) is 3.32. The van der Waals surface area contributed by atoms with E-state index in [-0.39, 0.29) is 51.0 Å². The Hall–Kier alpha value is -2.60. The van der Waals surface area contributed by atoms with E-state index in [0.717, 1.165) is 4.90 Å². The van der Waals surface area contributed by atoms with E-state index in [0.29, 0.717) is 5.75 Å². The standard InChI is InChI=1S/C20H23F4N3O5/c21-11-1-3-13(4-2-11)32-15-10-31-16-14(9-30-17(15)16)26-19(29)25-12-5-7-27(8-6-12)18(28)20(22,23)24/h1-4,12,14-17H,5-10H2,(H2,25,26,29)/t14-,15-,16+,17+/m0/s1. The first-order chi connectivity index (χ1) is 15.2. The fraction of sp³-hybridized carbons (Fsp3) is 0.600. The first-order valence-corrected chi connectivity index (χ1v) is 10.3. The number of halogens is 4. The van der Waals surface area contributed by atoms with Gasteiger partial charge in [-0.25, -0.2) is 9.18 Å². The van der Waals surface area contributed by atoms with E-state index < -0.39 is 42.5 Å². The van der Waals surface area contributed by atoms with Crippen LogP contribution in [0.25, 0.3) is 0 Å². The summed E-state index contributed by atoms with van der Waals surface area (Å²) in [5.41, 5.74) is 0. The Kier molecular flexibility index (Phi) is 6.42. The third-order valence-corrected chi connectivity index (χ3v) is 5.79. The van der Waals surface area contributed by atoms with Gasteiger partial charge in [-0.15, -0.1) is 0 Å². The minimum absolute atomic E-state index is 0.0773. The predicted octanol–water partition coefficient (Wildman–Crippen LogP) is 1.59. The van der Waals surface area contributed by atoms with Crippen LogP contribution < -0.4 is 15.4 Å². The van der Waals surface area contributed by atoms with Gasteiger partial charge in [0.2, 0.25) is 0 Å². The molecule has 3 amide bonds. The molecule has 0 radical (unpaired) electrons. The van der Waals surface area contributed by atoms with Crippen molar-refractivity contribution in [3.05, 3.63) is 30.1 Å². The van der Waals surface area contributed by atoms with Crippen molar-refractivity contribution in [3.63, 3.8) is 0 Å². The van der Waals surface area contributed by atoms with E-state index >= 15 is 0 Å². The lowest BCUT2D eigenvalue weighted by atomic mass is 10.0. The van der Waals surface area contributed by atoms with Crippen LogP contribution in [0.4, 0.5) is 22.4 Å². The molecule has 0 bridgehead atoms. The van der Waals surface area contributed by atoms with Gasteiger partial charge in [0.1, 0.15) is 23.8 Å². The first kappa shape index (κ1) is 22.6. The van der Waals surface area contributed by atoms with Gasteiger partial charge >= 0.3 is 18.1 Å². The fourth-order valence-corrected chi connectivity index (χ4v) is 4.18. The van der Waals surface area contributed by atoms with Crippen LogP contribution in [0.2, 0.25) is 0 Å². The molecule has 1 aromatic rings. The Bertz CT molecular complexity index is 830. The van der Waals surface area contributed by atoms with Crippen molar-refractivity contribution in [2.45, 2.75) is 49.4 Å². The van der Waals surface area contributed by atoms with E-state index in [1.54, 1.807) is 0 Å². The summed E-state index contributed by atoms with van der Waals surface area (Å²) in [6.45, 7) is 0.306. The lowest BCUT2D eigenvalue weighted by Crippen LogP contribution is -2.54. The Labute approximate surface area is 181 Å². The monoisotopic (exact) mass is 461 g/mol. The number of piperidine rings is 1. The number of rotatable bonds is 4. The molecule has 0 aromatic heterocycles. The Balaban J connectivity index is 1.22. The first-order valence-electron chi connectivity index (χ1n) is 10.3. The van der Waals surface area contributed by atoms with Gasteiger partial charge in [-0.1, -0.05) is 0 Å². The van der Waals surface area contributed by atoms with Gasteiger partial charge in [-0.2, -0.15) is 13.2 Å². The highest BCUT2D eigenvalue weighted by Crippen LogP contribution is 2.30. The molecule has 12 heteroatoms. The second-order valence-corrected chi connectivity index (χ2v) is 7.99. The van der Waals surface area contributed by atoms with Crippen molar-refractivity contribution in [2.24, 2.45) is 0 Å². The molecule has 3 saturated heterocycles. The molecular weight excluding hydrogens is 438 g/mol. The lowest BCUT2D eigenvalue weighted by Gasteiger charge is -2.33. The van der Waals surface area contributed by atoms with Crippen LogP contribution in [0.15, 0.2) is 24.3 Å². The molecule has 1 aromatic carbocycles. The second-order valence-electron chi connectivity index (χ2n) is 7.99. The molecule has 8 nitrogen and oxygen atoms in total. The molecule has 2 N–H and O–H groups in total. The highest BCUT2D eigenvalue weighted by Gasteiger charge is 2.49. The topological polar surface area (TPSA) is 89.1 Å². The third-order valence-electron chi connectivity index (χ3n) is 5.79. The summed E-state index contributed by atoms with van der Waals surface area (Å²) in [7, 11) is 0. The number of fused-ring (bicyclic) bond motifs is 1. The van der Waals surface area contributed by atoms with Gasteiger partial charge < -0.3 is 29.7 Å². The maximum atomic E-state index is 13.0. The smallest absolute Gasteiger partial charge is 0.471 e. The number of alkyl halides is 3. The number of ether oxygens (including phenoxy) is 3. The van der Waals surface area contributed by atoms with E-state index in [9.17, 15) is 27.2 Å². The predicted molar refractivity (Wildman–Crippen MR) is 101 cm³/mol. The number of urea groups is 1. The minimum Gasteiger partial charge on any atom is -0.485 e. The zero-order valence-corrected chi connectivity index (χ0v) is 16.9. The van der Waals surface area contributed by atoms with E-state index in [2.05, 4.69) is 10.6 Å². The summed E-state index contributed by atoms with van der Waals surface area (Å²) in [6, 6.07) is 4.35. The van der Waals surface area contributed by atoms with Crippen molar-refractivity contribution in [3.8, 4) is 5.75 Å². The van der Waals surface area contributed by atoms with Crippen molar-refractivity contribution in [2.75, 3.05) is 26.3 Å². The Morgan fingerprint density at radius 3 is 2.31 bits per heavy atom. The number of amides is 3. The maximum Gasteiger partial charge on any atom is 0.471 e. The van der Waals surface area contributed by atoms with Crippen molar-refractivity contribution < 1.29 is 41.4 Å². The van der Waals surface area contributed by atoms with Gasteiger partial charge in [0.25, 0.3) is 0 Å². The third kappa shape index (κ3) is 5.07. The van der Waals surface area contributed by atoms with E-state index in [4.69, 9.17) is 14.2 Å². The van der Waals surface area contributed by atoms with Gasteiger partial charge in [-0.3, -0.25) is 4.79 Å². The molecule has 0 spiro atoms. The number of likely N-dealkylation sites (tertiary alicyclic amines) is 1. The van der Waals surface area contributed by atoms with Crippen LogP contribution in [0, 0.1) is 5.82 Å². The van der Waals surface area contributed by atoms with Crippen LogP contribution >= 0.6 is 0 Å². The normalized spacial score (nSPS) is 28.3. The van der Waals surface area contributed by atoms with E-state index in [1.165, 1.54) is 24.3 Å². The quantitative estimate of drug-likeness (QED) is 0.665. The van der Waals surface area contributed by atoms with Crippen molar-refractivity contribution in [1.29, 1.82) is 0 Å². The molecule has 0 aliphatic carbocycles. The molecule has 32 heavy (non-hydrogen) atoms. The van der Waals surface area contributed by atoms with Gasteiger partial charge in [0.05, 0.1) is 19.3 Å². The molecule has 3 aliphatic heterocycles. The van der Waals surface area contributed by atoms with Crippen molar-refractivity contribution in [1.82, 2.24) is 15.5 Å². The number of nitrogens with zero attached hydrogens (tertiary/aromatic N) is 1. The zero-order chi connectivity index (χ0) is 22.9. The minimum atomic E-state index is -4.89. The highest BCUT2D eigenvalue weighted by atomic mass is 19.4. The number of benzene rings is 1. The van der Waals surface area contributed by atoms with Gasteiger partial charge in [0, 0.05) is 19.1 Å². The Morgan fingerprint density at radius 2 is 1.66 bits per heavy atom. The number of hydrogen-bond donors (Lipinski definition) is 2. The van der Waals surface area contributed by atoms with Gasteiger partial charge in [-0.05, 0) is 37.1 Å².